The number of aromatic nitrogens is 1. The van der Waals surface area contributed by atoms with Crippen LogP contribution < -0.4 is 4.74 Å². The summed E-state index contributed by atoms with van der Waals surface area (Å²) >= 11 is 1.61. The number of nitrogens with one attached hydrogen (secondary N) is 1. The van der Waals surface area contributed by atoms with Crippen molar-refractivity contribution >= 4 is 11.8 Å². The number of benzene rings is 2. The Hall–Kier alpha value is -2.34. The summed E-state index contributed by atoms with van der Waals surface area (Å²) in [5.74, 6) is 0.0373. The molecular formula is C20H18F3NOS. The molecule has 0 saturated carbocycles. The number of rotatable bonds is 7. The van der Waals surface area contributed by atoms with E-state index in [9.17, 15) is 13.2 Å². The van der Waals surface area contributed by atoms with E-state index in [1.165, 1.54) is 0 Å². The van der Waals surface area contributed by atoms with E-state index in [1.807, 2.05) is 36.5 Å². The van der Waals surface area contributed by atoms with Crippen molar-refractivity contribution in [2.24, 2.45) is 0 Å². The van der Waals surface area contributed by atoms with Crippen LogP contribution in [-0.4, -0.2) is 17.3 Å². The predicted octanol–water partition coefficient (Wildman–Crippen LogP) is 6.07. The van der Waals surface area contributed by atoms with Crippen LogP contribution in [0.25, 0.3) is 11.3 Å². The van der Waals surface area contributed by atoms with Gasteiger partial charge in [0.25, 0.3) is 0 Å². The lowest BCUT2D eigenvalue weighted by atomic mass is 10.1. The standard InChI is InChI=1S/C20H18F3NOS/c1-13-9-15(17(21)11-19(13)25-20(22)23)7-8-26-16-10-18(24-12-16)14-5-3-2-4-6-14/h2-6,9-12,20,24H,7-8H2,1H3. The molecule has 6 heteroatoms. The average Bonchev–Trinajstić information content (AvgIpc) is 3.08. The Balaban J connectivity index is 1.60. The Kier molecular flexibility index (Phi) is 5.93. The highest BCUT2D eigenvalue weighted by Crippen LogP contribution is 2.28. The van der Waals surface area contributed by atoms with E-state index < -0.39 is 12.4 Å². The normalized spacial score (nSPS) is 11.1. The molecule has 0 amide bonds. The maximum atomic E-state index is 14.1. The van der Waals surface area contributed by atoms with Gasteiger partial charge in [-0.25, -0.2) is 4.39 Å². The van der Waals surface area contributed by atoms with Crippen molar-refractivity contribution in [2.45, 2.75) is 24.9 Å². The van der Waals surface area contributed by atoms with Gasteiger partial charge in [0.05, 0.1) is 0 Å². The van der Waals surface area contributed by atoms with Gasteiger partial charge in [-0.15, -0.1) is 11.8 Å². The SMILES string of the molecule is Cc1cc(CCSc2c[nH]c(-c3ccccc3)c2)c(F)cc1OC(F)F. The summed E-state index contributed by atoms with van der Waals surface area (Å²) < 4.78 is 43.0. The second-order valence-electron chi connectivity index (χ2n) is 5.80. The fourth-order valence-electron chi connectivity index (χ4n) is 2.66. The van der Waals surface area contributed by atoms with Crippen LogP contribution >= 0.6 is 11.8 Å². The van der Waals surface area contributed by atoms with Crippen LogP contribution in [0.2, 0.25) is 0 Å². The fraction of sp³-hybridized carbons (Fsp3) is 0.200. The van der Waals surface area contributed by atoms with Crippen LogP contribution in [0.3, 0.4) is 0 Å². The molecule has 1 N–H and O–H groups in total. The molecule has 1 heterocycles. The van der Waals surface area contributed by atoms with Crippen molar-refractivity contribution in [1.29, 1.82) is 0 Å². The van der Waals surface area contributed by atoms with E-state index in [4.69, 9.17) is 0 Å². The van der Waals surface area contributed by atoms with Gasteiger partial charge in [-0.1, -0.05) is 30.3 Å². The smallest absolute Gasteiger partial charge is 0.387 e. The van der Waals surface area contributed by atoms with Crippen molar-refractivity contribution in [3.05, 3.63) is 71.7 Å². The molecule has 2 aromatic carbocycles. The van der Waals surface area contributed by atoms with Crippen LogP contribution in [-0.2, 0) is 6.42 Å². The average molecular weight is 377 g/mol. The second kappa shape index (κ2) is 8.36. The van der Waals surface area contributed by atoms with Crippen molar-refractivity contribution in [3.8, 4) is 17.0 Å². The van der Waals surface area contributed by atoms with Gasteiger partial charge in [-0.2, -0.15) is 8.78 Å². The molecule has 0 spiro atoms. The van der Waals surface area contributed by atoms with Crippen LogP contribution in [0, 0.1) is 12.7 Å². The minimum Gasteiger partial charge on any atom is -0.434 e. The summed E-state index contributed by atoms with van der Waals surface area (Å²) in [4.78, 5) is 4.30. The summed E-state index contributed by atoms with van der Waals surface area (Å²) in [6, 6.07) is 14.6. The van der Waals surface area contributed by atoms with E-state index >= 15 is 0 Å². The number of aromatic amines is 1. The van der Waals surface area contributed by atoms with E-state index in [1.54, 1.807) is 24.8 Å². The second-order valence-corrected chi connectivity index (χ2v) is 6.97. The number of hydrogen-bond donors (Lipinski definition) is 1. The van der Waals surface area contributed by atoms with Gasteiger partial charge in [0.1, 0.15) is 11.6 Å². The monoisotopic (exact) mass is 377 g/mol. The van der Waals surface area contributed by atoms with Crippen molar-refractivity contribution < 1.29 is 17.9 Å². The van der Waals surface area contributed by atoms with E-state index in [-0.39, 0.29) is 5.75 Å². The summed E-state index contributed by atoms with van der Waals surface area (Å²) in [6.45, 7) is -1.33. The van der Waals surface area contributed by atoms with Gasteiger partial charge in [-0.05, 0) is 42.2 Å². The zero-order chi connectivity index (χ0) is 18.5. The molecule has 0 radical (unpaired) electrons. The third-order valence-electron chi connectivity index (χ3n) is 3.94. The molecule has 0 fully saturated rings. The molecule has 136 valence electrons. The molecule has 3 rings (SSSR count). The number of thioether (sulfide) groups is 1. The summed E-state index contributed by atoms with van der Waals surface area (Å²) in [7, 11) is 0. The Morgan fingerprint density at radius 1 is 1.12 bits per heavy atom. The predicted molar refractivity (Wildman–Crippen MR) is 98.4 cm³/mol. The van der Waals surface area contributed by atoms with Gasteiger partial charge < -0.3 is 9.72 Å². The van der Waals surface area contributed by atoms with Gasteiger partial charge in [0, 0.05) is 28.6 Å². The summed E-state index contributed by atoms with van der Waals surface area (Å²) in [6.07, 6.45) is 2.42. The summed E-state index contributed by atoms with van der Waals surface area (Å²) in [5.41, 5.74) is 3.13. The van der Waals surface area contributed by atoms with Crippen molar-refractivity contribution in [2.75, 3.05) is 5.75 Å². The minimum absolute atomic E-state index is 0.118. The van der Waals surface area contributed by atoms with Crippen LogP contribution in [0.15, 0.2) is 59.6 Å². The quantitative estimate of drug-likeness (QED) is 0.506. The van der Waals surface area contributed by atoms with E-state index in [0.29, 0.717) is 23.3 Å². The third kappa shape index (κ3) is 4.64. The number of H-pyrrole nitrogens is 1. The first-order valence-electron chi connectivity index (χ1n) is 8.13. The fourth-order valence-corrected chi connectivity index (χ4v) is 3.56. The molecule has 3 aromatic rings. The molecule has 0 bridgehead atoms. The zero-order valence-corrected chi connectivity index (χ0v) is 15.0. The maximum Gasteiger partial charge on any atom is 0.387 e. The van der Waals surface area contributed by atoms with Gasteiger partial charge in [0.2, 0.25) is 0 Å². The highest BCUT2D eigenvalue weighted by Gasteiger charge is 2.12. The van der Waals surface area contributed by atoms with Crippen LogP contribution in [0.4, 0.5) is 13.2 Å². The largest absolute Gasteiger partial charge is 0.434 e. The topological polar surface area (TPSA) is 25.0 Å². The number of ether oxygens (including phenoxy) is 1. The lowest BCUT2D eigenvalue weighted by molar-refractivity contribution is -0.0504. The van der Waals surface area contributed by atoms with Gasteiger partial charge in [-0.3, -0.25) is 0 Å². The highest BCUT2D eigenvalue weighted by atomic mass is 32.2. The summed E-state index contributed by atoms with van der Waals surface area (Å²) in [5, 5.41) is 0. The minimum atomic E-state index is -2.96. The first-order chi connectivity index (χ1) is 12.5. The molecule has 2 nitrogen and oxygen atoms in total. The Labute approximate surface area is 154 Å². The van der Waals surface area contributed by atoms with Crippen molar-refractivity contribution in [1.82, 2.24) is 4.98 Å². The Bertz CT molecular complexity index is 865. The van der Waals surface area contributed by atoms with Gasteiger partial charge >= 0.3 is 6.61 Å². The Morgan fingerprint density at radius 3 is 2.62 bits per heavy atom. The Morgan fingerprint density at radius 2 is 1.88 bits per heavy atom. The molecule has 0 saturated heterocycles. The third-order valence-corrected chi connectivity index (χ3v) is 4.92. The number of aryl methyl sites for hydroxylation is 2. The molecule has 1 aromatic heterocycles. The van der Waals surface area contributed by atoms with Crippen molar-refractivity contribution in [3.63, 3.8) is 0 Å². The van der Waals surface area contributed by atoms with E-state index in [0.717, 1.165) is 22.2 Å². The maximum absolute atomic E-state index is 14.1. The molecule has 0 atom stereocenters. The lowest BCUT2D eigenvalue weighted by Crippen LogP contribution is -2.05. The van der Waals surface area contributed by atoms with E-state index in [2.05, 4.69) is 15.8 Å². The lowest BCUT2D eigenvalue weighted by Gasteiger charge is -2.11. The van der Waals surface area contributed by atoms with Crippen LogP contribution in [0.1, 0.15) is 11.1 Å². The highest BCUT2D eigenvalue weighted by molar-refractivity contribution is 7.99. The molecule has 0 aliphatic heterocycles. The first kappa shape index (κ1) is 18.5. The molecular weight excluding hydrogens is 359 g/mol. The number of hydrogen-bond acceptors (Lipinski definition) is 2. The molecule has 26 heavy (non-hydrogen) atoms. The first-order valence-corrected chi connectivity index (χ1v) is 9.12. The zero-order valence-electron chi connectivity index (χ0n) is 14.1. The number of alkyl halides is 2. The molecule has 0 aliphatic rings. The van der Waals surface area contributed by atoms with Gasteiger partial charge in [0.15, 0.2) is 0 Å². The molecule has 0 unspecified atom stereocenters. The van der Waals surface area contributed by atoms with Crippen LogP contribution in [0.5, 0.6) is 5.75 Å². The number of halogens is 3. The molecule has 0 aliphatic carbocycles.